The lowest BCUT2D eigenvalue weighted by molar-refractivity contribution is 0.526. The predicted molar refractivity (Wildman–Crippen MR) is 112 cm³/mol. The monoisotopic (exact) mass is 418 g/mol. The van der Waals surface area contributed by atoms with Crippen LogP contribution >= 0.6 is 23.2 Å². The molecule has 0 radical (unpaired) electrons. The molecule has 1 heterocycles. The second-order valence-electron chi connectivity index (χ2n) is 6.27. The van der Waals surface area contributed by atoms with E-state index in [0.29, 0.717) is 33.9 Å². The van der Waals surface area contributed by atoms with Gasteiger partial charge >= 0.3 is 0 Å². The third-order valence-corrected chi connectivity index (χ3v) is 5.11. The van der Waals surface area contributed by atoms with Crippen molar-refractivity contribution in [3.63, 3.8) is 0 Å². The van der Waals surface area contributed by atoms with Gasteiger partial charge in [-0.05, 0) is 35.9 Å². The average molecular weight is 419 g/mol. The first-order valence-electron chi connectivity index (χ1n) is 8.60. The number of nitrogens with zero attached hydrogens (tertiary/aromatic N) is 4. The smallest absolute Gasteiger partial charge is 0.244 e. The zero-order valence-electron chi connectivity index (χ0n) is 14.9. The van der Waals surface area contributed by atoms with Gasteiger partial charge in [-0.2, -0.15) is 10.5 Å². The molecule has 0 atom stereocenters. The summed E-state index contributed by atoms with van der Waals surface area (Å²) in [4.78, 5) is 0. The van der Waals surface area contributed by atoms with Crippen LogP contribution in [0.15, 0.2) is 65.8 Å². The number of rotatable bonds is 3. The highest BCUT2D eigenvalue weighted by Gasteiger charge is 2.24. The number of hydrogen-bond donors (Lipinski definition) is 0. The van der Waals surface area contributed by atoms with Crippen molar-refractivity contribution < 1.29 is 4.74 Å². The minimum Gasteiger partial charge on any atom is -0.435 e. The van der Waals surface area contributed by atoms with E-state index in [2.05, 4.69) is 5.10 Å². The van der Waals surface area contributed by atoms with Crippen molar-refractivity contribution in [2.24, 2.45) is 5.10 Å². The summed E-state index contributed by atoms with van der Waals surface area (Å²) in [7, 11) is 0. The summed E-state index contributed by atoms with van der Waals surface area (Å²) < 4.78 is 5.97. The molecule has 0 spiro atoms. The van der Waals surface area contributed by atoms with E-state index in [1.807, 2.05) is 48.5 Å². The molecule has 0 aromatic heterocycles. The molecule has 3 aromatic rings. The Morgan fingerprint density at radius 1 is 0.897 bits per heavy atom. The van der Waals surface area contributed by atoms with Gasteiger partial charge in [0.25, 0.3) is 0 Å². The van der Waals surface area contributed by atoms with Crippen molar-refractivity contribution in [3.8, 4) is 17.9 Å². The molecule has 0 unspecified atom stereocenters. The second-order valence-corrected chi connectivity index (χ2v) is 7.08. The normalized spacial score (nSPS) is 12.3. The lowest BCUT2D eigenvalue weighted by Gasteiger charge is -2.28. The SMILES string of the molecule is N#Cc1cc2c(cc1C#N)N(Cc1ccc(Cl)c(Cl)c1)N=C(c1ccccc1)O2. The van der Waals surface area contributed by atoms with E-state index < -0.39 is 0 Å². The summed E-state index contributed by atoms with van der Waals surface area (Å²) in [6, 6.07) is 22.1. The molecule has 5 nitrogen and oxygen atoms in total. The molecule has 0 amide bonds. The van der Waals surface area contributed by atoms with Gasteiger partial charge in [0, 0.05) is 11.6 Å². The van der Waals surface area contributed by atoms with Gasteiger partial charge in [0.05, 0.1) is 27.7 Å². The van der Waals surface area contributed by atoms with Gasteiger partial charge in [-0.25, -0.2) is 0 Å². The molecular weight excluding hydrogens is 407 g/mol. The molecule has 4 rings (SSSR count). The Morgan fingerprint density at radius 2 is 1.62 bits per heavy atom. The molecule has 29 heavy (non-hydrogen) atoms. The fourth-order valence-electron chi connectivity index (χ4n) is 2.95. The summed E-state index contributed by atoms with van der Waals surface area (Å²) in [5, 5.41) is 26.0. The van der Waals surface area contributed by atoms with Crippen molar-refractivity contribution in [1.82, 2.24) is 0 Å². The van der Waals surface area contributed by atoms with Gasteiger partial charge in [0.1, 0.15) is 17.8 Å². The zero-order valence-corrected chi connectivity index (χ0v) is 16.4. The van der Waals surface area contributed by atoms with E-state index >= 15 is 0 Å². The summed E-state index contributed by atoms with van der Waals surface area (Å²) >= 11 is 12.2. The first kappa shape index (κ1) is 18.8. The van der Waals surface area contributed by atoms with Gasteiger partial charge < -0.3 is 4.74 Å². The zero-order chi connectivity index (χ0) is 20.4. The Labute approximate surface area is 177 Å². The number of benzene rings is 3. The van der Waals surface area contributed by atoms with Crippen LogP contribution in [0.25, 0.3) is 0 Å². The Balaban J connectivity index is 1.82. The van der Waals surface area contributed by atoms with E-state index in [1.165, 1.54) is 0 Å². The van der Waals surface area contributed by atoms with Crippen molar-refractivity contribution in [2.45, 2.75) is 6.54 Å². The van der Waals surface area contributed by atoms with Crippen molar-refractivity contribution >= 4 is 34.8 Å². The maximum atomic E-state index is 9.40. The number of nitriles is 2. The standard InChI is InChI=1S/C22H12Cl2N4O/c23-18-7-6-14(8-19(18)24)13-28-20-9-16(11-25)17(12-26)10-21(20)29-22(27-28)15-4-2-1-3-5-15/h1-10H,13H2. The van der Waals surface area contributed by atoms with Crippen molar-refractivity contribution in [3.05, 3.63) is 93.0 Å². The number of ether oxygens (including phenoxy) is 1. The van der Waals surface area contributed by atoms with Gasteiger partial charge in [-0.15, -0.1) is 5.10 Å². The Morgan fingerprint density at radius 3 is 2.31 bits per heavy atom. The summed E-state index contributed by atoms with van der Waals surface area (Å²) in [6.45, 7) is 0.375. The molecule has 3 aromatic carbocycles. The summed E-state index contributed by atoms with van der Waals surface area (Å²) in [5.74, 6) is 0.848. The van der Waals surface area contributed by atoms with E-state index in [4.69, 9.17) is 27.9 Å². The molecule has 0 fully saturated rings. The number of hydrazone groups is 1. The fraction of sp³-hybridized carbons (Fsp3) is 0.0455. The predicted octanol–water partition coefficient (Wildman–Crippen LogP) is 5.50. The van der Waals surface area contributed by atoms with Crippen molar-refractivity contribution in [2.75, 3.05) is 5.01 Å². The summed E-state index contributed by atoms with van der Waals surface area (Å²) in [6.07, 6.45) is 0. The minimum atomic E-state index is 0.245. The number of anilines is 1. The van der Waals surface area contributed by atoms with Crippen LogP contribution in [0.5, 0.6) is 5.75 Å². The maximum Gasteiger partial charge on any atom is 0.244 e. The van der Waals surface area contributed by atoms with Crippen LogP contribution in [0.1, 0.15) is 22.3 Å². The molecule has 0 bridgehead atoms. The Hall–Kier alpha value is -3.51. The number of fused-ring (bicyclic) bond motifs is 1. The highest BCUT2D eigenvalue weighted by Crippen LogP contribution is 2.37. The van der Waals surface area contributed by atoms with Crippen LogP contribution < -0.4 is 9.75 Å². The van der Waals surface area contributed by atoms with E-state index in [1.54, 1.807) is 29.3 Å². The lowest BCUT2D eigenvalue weighted by atomic mass is 10.1. The first-order valence-corrected chi connectivity index (χ1v) is 9.36. The Kier molecular flexibility index (Phi) is 5.10. The van der Waals surface area contributed by atoms with Gasteiger partial charge in [0.15, 0.2) is 5.75 Å². The van der Waals surface area contributed by atoms with Crippen LogP contribution in [-0.4, -0.2) is 5.90 Å². The van der Waals surface area contributed by atoms with Crippen LogP contribution in [0.3, 0.4) is 0 Å². The molecule has 1 aliphatic rings. The molecule has 0 saturated carbocycles. The molecule has 0 saturated heterocycles. The highest BCUT2D eigenvalue weighted by atomic mass is 35.5. The quantitative estimate of drug-likeness (QED) is 0.562. The average Bonchev–Trinajstić information content (AvgIpc) is 2.75. The van der Waals surface area contributed by atoms with Crippen LogP contribution in [-0.2, 0) is 6.54 Å². The molecule has 140 valence electrons. The molecular formula is C22H12Cl2N4O. The third kappa shape index (κ3) is 3.75. The van der Waals surface area contributed by atoms with Crippen molar-refractivity contribution in [1.29, 1.82) is 10.5 Å². The topological polar surface area (TPSA) is 72.4 Å². The van der Waals surface area contributed by atoms with Crippen LogP contribution in [0.4, 0.5) is 5.69 Å². The highest BCUT2D eigenvalue weighted by molar-refractivity contribution is 6.42. The van der Waals surface area contributed by atoms with E-state index in [-0.39, 0.29) is 11.1 Å². The third-order valence-electron chi connectivity index (χ3n) is 4.37. The summed E-state index contributed by atoms with van der Waals surface area (Å²) in [5.41, 5.74) is 2.76. The lowest BCUT2D eigenvalue weighted by Crippen LogP contribution is -2.27. The van der Waals surface area contributed by atoms with Crippen LogP contribution in [0.2, 0.25) is 10.0 Å². The second kappa shape index (κ2) is 7.85. The van der Waals surface area contributed by atoms with Crippen LogP contribution in [0, 0.1) is 22.7 Å². The molecule has 1 aliphatic heterocycles. The van der Waals surface area contributed by atoms with Gasteiger partial charge in [-0.1, -0.05) is 47.5 Å². The largest absolute Gasteiger partial charge is 0.435 e. The maximum absolute atomic E-state index is 9.40. The fourth-order valence-corrected chi connectivity index (χ4v) is 3.27. The van der Waals surface area contributed by atoms with Gasteiger partial charge in [-0.3, -0.25) is 5.01 Å². The Bertz CT molecular complexity index is 1210. The molecule has 7 heteroatoms. The molecule has 0 N–H and O–H groups in total. The first-order chi connectivity index (χ1) is 14.1. The van der Waals surface area contributed by atoms with E-state index in [9.17, 15) is 10.5 Å². The molecule has 0 aliphatic carbocycles. The number of hydrogen-bond acceptors (Lipinski definition) is 5. The number of halogens is 2. The minimum absolute atomic E-state index is 0.245. The van der Waals surface area contributed by atoms with E-state index in [0.717, 1.165) is 11.1 Å². The van der Waals surface area contributed by atoms with Gasteiger partial charge in [0.2, 0.25) is 5.90 Å².